The van der Waals surface area contributed by atoms with Crippen molar-refractivity contribution in [3.8, 4) is 0 Å². The first-order chi connectivity index (χ1) is 10.1. The Hall–Kier alpha value is -1.93. The first-order valence-electron chi connectivity index (χ1n) is 5.97. The maximum absolute atomic E-state index is 11.8. The van der Waals surface area contributed by atoms with Crippen LogP contribution in [0.3, 0.4) is 0 Å². The van der Waals surface area contributed by atoms with Crippen LogP contribution in [0.2, 0.25) is 5.02 Å². The molecule has 1 heterocycles. The molecule has 7 nitrogen and oxygen atoms in total. The van der Waals surface area contributed by atoms with Crippen LogP contribution in [-0.4, -0.2) is 44.2 Å². The molecule has 0 radical (unpaired) electrons. The maximum atomic E-state index is 11.8. The second kappa shape index (κ2) is 7.19. The number of Topliss-reactive ketones (excluding diaryl/α,β-unsaturated/α-hetero) is 1. The Kier molecular flexibility index (Phi) is 5.29. The fourth-order valence-corrected chi connectivity index (χ4v) is 2.26. The third kappa shape index (κ3) is 4.54. The lowest BCUT2D eigenvalue weighted by molar-refractivity contribution is -0.115. The molecule has 0 aliphatic heterocycles. The molecule has 0 spiro atoms. The van der Waals surface area contributed by atoms with Crippen LogP contribution in [0.5, 0.6) is 0 Å². The molecule has 2 rings (SSSR count). The largest absolute Gasteiger partial charge is 0.345 e. The number of benzene rings is 1. The standard InChI is InChI=1S/C12H12ClN5O2S/c1-18-12(15-16-17-18)21-7-10(19)6-14-11(20)8-2-4-9(13)5-3-8/h2-5H,6-7H2,1H3,(H,14,20). The number of carbonyl (C=O) groups excluding carboxylic acids is 2. The lowest BCUT2D eigenvalue weighted by atomic mass is 10.2. The van der Waals surface area contributed by atoms with E-state index >= 15 is 0 Å². The van der Waals surface area contributed by atoms with Crippen molar-refractivity contribution in [1.29, 1.82) is 0 Å². The van der Waals surface area contributed by atoms with Gasteiger partial charge in [0.1, 0.15) is 0 Å². The van der Waals surface area contributed by atoms with Gasteiger partial charge in [0.2, 0.25) is 5.16 Å². The van der Waals surface area contributed by atoms with Crippen molar-refractivity contribution in [2.24, 2.45) is 7.05 Å². The number of carbonyl (C=O) groups is 2. The predicted molar refractivity (Wildman–Crippen MR) is 78.3 cm³/mol. The number of halogens is 1. The van der Waals surface area contributed by atoms with Gasteiger partial charge in [-0.3, -0.25) is 9.59 Å². The van der Waals surface area contributed by atoms with Crippen molar-refractivity contribution in [3.05, 3.63) is 34.9 Å². The van der Waals surface area contributed by atoms with E-state index in [0.717, 1.165) is 0 Å². The minimum atomic E-state index is -0.314. The molecule has 1 N–H and O–H groups in total. The van der Waals surface area contributed by atoms with Crippen LogP contribution < -0.4 is 5.32 Å². The molecule has 0 fully saturated rings. The molecule has 2 aromatic rings. The summed E-state index contributed by atoms with van der Waals surface area (Å²) in [5.41, 5.74) is 0.456. The van der Waals surface area contributed by atoms with Gasteiger partial charge in [0.15, 0.2) is 5.78 Å². The average molecular weight is 326 g/mol. The van der Waals surface area contributed by atoms with E-state index in [9.17, 15) is 9.59 Å². The maximum Gasteiger partial charge on any atom is 0.251 e. The highest BCUT2D eigenvalue weighted by Crippen LogP contribution is 2.12. The number of aryl methyl sites for hydroxylation is 1. The van der Waals surface area contributed by atoms with Gasteiger partial charge in [-0.2, -0.15) is 0 Å². The van der Waals surface area contributed by atoms with Gasteiger partial charge in [0.25, 0.3) is 5.91 Å². The monoisotopic (exact) mass is 325 g/mol. The highest BCUT2D eigenvalue weighted by molar-refractivity contribution is 7.99. The van der Waals surface area contributed by atoms with Crippen LogP contribution >= 0.6 is 23.4 Å². The number of hydrogen-bond acceptors (Lipinski definition) is 6. The van der Waals surface area contributed by atoms with Gasteiger partial charge in [-0.1, -0.05) is 23.4 Å². The molecule has 0 aliphatic carbocycles. The van der Waals surface area contributed by atoms with Gasteiger partial charge in [0, 0.05) is 17.6 Å². The molecule has 0 bridgehead atoms. The van der Waals surface area contributed by atoms with E-state index in [0.29, 0.717) is 15.7 Å². The van der Waals surface area contributed by atoms with E-state index in [-0.39, 0.29) is 24.0 Å². The fourth-order valence-electron chi connectivity index (χ4n) is 1.42. The van der Waals surface area contributed by atoms with Crippen LogP contribution in [0, 0.1) is 0 Å². The van der Waals surface area contributed by atoms with Crippen LogP contribution in [0.4, 0.5) is 0 Å². The van der Waals surface area contributed by atoms with Crippen molar-refractivity contribution in [1.82, 2.24) is 25.5 Å². The molecule has 1 amide bonds. The predicted octanol–water partition coefficient (Wildman–Crippen LogP) is 0.955. The fraction of sp³-hybridized carbons (Fsp3) is 0.250. The molecule has 0 aliphatic rings. The van der Waals surface area contributed by atoms with Crippen molar-refractivity contribution >= 4 is 35.1 Å². The number of tetrazole rings is 1. The van der Waals surface area contributed by atoms with Gasteiger partial charge in [0.05, 0.1) is 12.3 Å². The third-order valence-electron chi connectivity index (χ3n) is 2.50. The molecule has 0 unspecified atom stereocenters. The average Bonchev–Trinajstić information content (AvgIpc) is 2.88. The number of rotatable bonds is 6. The van der Waals surface area contributed by atoms with Crippen molar-refractivity contribution in [3.63, 3.8) is 0 Å². The van der Waals surface area contributed by atoms with E-state index in [1.54, 1.807) is 31.3 Å². The van der Waals surface area contributed by atoms with Gasteiger partial charge < -0.3 is 5.32 Å². The molecule has 1 aromatic heterocycles. The molecule has 0 atom stereocenters. The third-order valence-corrected chi connectivity index (χ3v) is 3.82. The SMILES string of the molecule is Cn1nnnc1SCC(=O)CNC(=O)c1ccc(Cl)cc1. The highest BCUT2D eigenvalue weighted by Gasteiger charge is 2.10. The summed E-state index contributed by atoms with van der Waals surface area (Å²) in [5, 5.41) is 14.5. The Morgan fingerprint density at radius 2 is 2.05 bits per heavy atom. The van der Waals surface area contributed by atoms with Crippen LogP contribution in [0.15, 0.2) is 29.4 Å². The Morgan fingerprint density at radius 1 is 1.33 bits per heavy atom. The van der Waals surface area contributed by atoms with Crippen molar-refractivity contribution in [2.45, 2.75) is 5.16 Å². The molecular formula is C12H12ClN5O2S. The molecule has 0 saturated carbocycles. The summed E-state index contributed by atoms with van der Waals surface area (Å²) >= 11 is 6.96. The first-order valence-corrected chi connectivity index (χ1v) is 7.33. The molecular weight excluding hydrogens is 314 g/mol. The topological polar surface area (TPSA) is 89.8 Å². The Balaban J connectivity index is 1.77. The molecule has 0 saturated heterocycles. The minimum Gasteiger partial charge on any atom is -0.345 e. The lowest BCUT2D eigenvalue weighted by Crippen LogP contribution is -2.30. The zero-order valence-electron chi connectivity index (χ0n) is 11.1. The van der Waals surface area contributed by atoms with E-state index in [1.165, 1.54) is 16.4 Å². The van der Waals surface area contributed by atoms with Crippen LogP contribution in [-0.2, 0) is 11.8 Å². The summed E-state index contributed by atoms with van der Waals surface area (Å²) in [6.07, 6.45) is 0. The van der Waals surface area contributed by atoms with Gasteiger partial charge >= 0.3 is 0 Å². The number of thioether (sulfide) groups is 1. The summed E-state index contributed by atoms with van der Waals surface area (Å²) < 4.78 is 1.48. The summed E-state index contributed by atoms with van der Waals surface area (Å²) in [5.74, 6) is -0.245. The van der Waals surface area contributed by atoms with Crippen LogP contribution in [0.1, 0.15) is 10.4 Å². The van der Waals surface area contributed by atoms with Crippen molar-refractivity contribution in [2.75, 3.05) is 12.3 Å². The summed E-state index contributed by atoms with van der Waals surface area (Å²) in [7, 11) is 1.69. The number of aromatic nitrogens is 4. The van der Waals surface area contributed by atoms with Crippen molar-refractivity contribution < 1.29 is 9.59 Å². The minimum absolute atomic E-state index is 0.0419. The Labute approximate surface area is 130 Å². The van der Waals surface area contributed by atoms with Crippen LogP contribution in [0.25, 0.3) is 0 Å². The number of nitrogens with zero attached hydrogens (tertiary/aromatic N) is 4. The first kappa shape index (κ1) is 15.5. The normalized spacial score (nSPS) is 10.4. The second-order valence-electron chi connectivity index (χ2n) is 4.10. The summed E-state index contributed by atoms with van der Waals surface area (Å²) in [6.45, 7) is -0.0419. The van der Waals surface area contributed by atoms with E-state index < -0.39 is 0 Å². The second-order valence-corrected chi connectivity index (χ2v) is 5.48. The lowest BCUT2D eigenvalue weighted by Gasteiger charge is -2.04. The van der Waals surface area contributed by atoms with E-state index in [4.69, 9.17) is 11.6 Å². The summed E-state index contributed by atoms with van der Waals surface area (Å²) in [4.78, 5) is 23.5. The Bertz CT molecular complexity index is 643. The molecule has 1 aromatic carbocycles. The molecule has 110 valence electrons. The summed E-state index contributed by atoms with van der Waals surface area (Å²) in [6, 6.07) is 6.44. The smallest absolute Gasteiger partial charge is 0.251 e. The Morgan fingerprint density at radius 3 is 2.67 bits per heavy atom. The van der Waals surface area contributed by atoms with Gasteiger partial charge in [-0.25, -0.2) is 4.68 Å². The quantitative estimate of drug-likeness (QED) is 0.795. The van der Waals surface area contributed by atoms with Gasteiger partial charge in [-0.15, -0.1) is 5.10 Å². The van der Waals surface area contributed by atoms with E-state index in [1.807, 2.05) is 0 Å². The number of nitrogens with one attached hydrogen (secondary N) is 1. The zero-order chi connectivity index (χ0) is 15.2. The number of amides is 1. The van der Waals surface area contributed by atoms with Gasteiger partial charge in [-0.05, 0) is 34.7 Å². The molecule has 9 heteroatoms. The zero-order valence-corrected chi connectivity index (χ0v) is 12.7. The highest BCUT2D eigenvalue weighted by atomic mass is 35.5. The molecule has 21 heavy (non-hydrogen) atoms. The number of hydrogen-bond donors (Lipinski definition) is 1. The van der Waals surface area contributed by atoms with E-state index in [2.05, 4.69) is 20.8 Å². The number of ketones is 1.